The molecular formula is C14H13NO3. The monoisotopic (exact) mass is 243 g/mol. The van der Waals surface area contributed by atoms with E-state index in [-0.39, 0.29) is 5.56 Å². The Morgan fingerprint density at radius 3 is 2.44 bits per heavy atom. The summed E-state index contributed by atoms with van der Waals surface area (Å²) in [5, 5.41) is 8.91. The van der Waals surface area contributed by atoms with Crippen LogP contribution in [0.4, 0.5) is 0 Å². The van der Waals surface area contributed by atoms with Gasteiger partial charge in [-0.15, -0.1) is 0 Å². The summed E-state index contributed by atoms with van der Waals surface area (Å²) in [5.41, 5.74) is 2.09. The van der Waals surface area contributed by atoms with Gasteiger partial charge >= 0.3 is 5.97 Å². The lowest BCUT2D eigenvalue weighted by atomic mass is 10.1. The number of carbonyl (C=O) groups is 1. The molecule has 0 bridgehead atoms. The van der Waals surface area contributed by atoms with Crippen LogP contribution in [0.3, 0.4) is 0 Å². The summed E-state index contributed by atoms with van der Waals surface area (Å²) in [6, 6.07) is 10.2. The van der Waals surface area contributed by atoms with Crippen LogP contribution in [0.15, 0.2) is 41.2 Å². The number of benzene rings is 1. The lowest BCUT2D eigenvalue weighted by molar-refractivity contribution is 0.0696. The summed E-state index contributed by atoms with van der Waals surface area (Å²) in [6.07, 6.45) is 0.936. The van der Waals surface area contributed by atoms with Crippen molar-refractivity contribution in [1.82, 2.24) is 4.98 Å². The maximum Gasteiger partial charge on any atom is 0.335 e. The van der Waals surface area contributed by atoms with Crippen molar-refractivity contribution in [3.63, 3.8) is 0 Å². The number of nitrogens with one attached hydrogen (secondary N) is 1. The Hall–Kier alpha value is -2.36. The molecule has 18 heavy (non-hydrogen) atoms. The quantitative estimate of drug-likeness (QED) is 0.869. The second kappa shape index (κ2) is 4.87. The summed E-state index contributed by atoms with van der Waals surface area (Å²) in [4.78, 5) is 24.9. The Morgan fingerprint density at radius 1 is 1.22 bits per heavy atom. The molecule has 0 atom stereocenters. The Kier molecular flexibility index (Phi) is 3.28. The average molecular weight is 243 g/mol. The first-order chi connectivity index (χ1) is 8.60. The van der Waals surface area contributed by atoms with Crippen LogP contribution in [0.25, 0.3) is 11.3 Å². The van der Waals surface area contributed by atoms with E-state index in [0.717, 1.165) is 18.1 Å². The van der Waals surface area contributed by atoms with Gasteiger partial charge in [-0.3, -0.25) is 4.79 Å². The zero-order valence-electron chi connectivity index (χ0n) is 9.93. The molecule has 0 saturated carbocycles. The molecule has 0 aliphatic carbocycles. The SMILES string of the molecule is CCc1ccc(-c2cc(C(=O)O)cc(=O)[nH]2)cc1. The molecule has 4 nitrogen and oxygen atoms in total. The summed E-state index contributed by atoms with van der Waals surface area (Å²) in [6.45, 7) is 2.06. The summed E-state index contributed by atoms with van der Waals surface area (Å²) < 4.78 is 0. The Bertz CT molecular complexity index is 626. The third-order valence-electron chi connectivity index (χ3n) is 2.76. The first-order valence-electron chi connectivity index (χ1n) is 5.67. The van der Waals surface area contributed by atoms with Crippen molar-refractivity contribution in [2.24, 2.45) is 0 Å². The zero-order chi connectivity index (χ0) is 13.1. The van der Waals surface area contributed by atoms with E-state index >= 15 is 0 Å². The number of carboxylic acids is 1. The number of carboxylic acid groups (broad SMARTS) is 1. The zero-order valence-corrected chi connectivity index (χ0v) is 9.93. The number of H-pyrrole nitrogens is 1. The molecule has 0 fully saturated rings. The number of pyridine rings is 1. The van der Waals surface area contributed by atoms with Crippen LogP contribution in [-0.4, -0.2) is 16.1 Å². The largest absolute Gasteiger partial charge is 0.478 e. The molecule has 0 radical (unpaired) electrons. The molecule has 0 aliphatic rings. The Morgan fingerprint density at radius 2 is 1.89 bits per heavy atom. The standard InChI is InChI=1S/C14H13NO3/c1-2-9-3-5-10(6-4-9)12-7-11(14(17)18)8-13(16)15-12/h3-8H,2H2,1H3,(H,15,16)(H,17,18). The van der Waals surface area contributed by atoms with Gasteiger partial charge in [-0.05, 0) is 23.6 Å². The van der Waals surface area contributed by atoms with Crippen molar-refractivity contribution in [3.8, 4) is 11.3 Å². The van der Waals surface area contributed by atoms with Gasteiger partial charge in [0.2, 0.25) is 5.56 Å². The van der Waals surface area contributed by atoms with Crippen LogP contribution in [0.2, 0.25) is 0 Å². The predicted molar refractivity (Wildman–Crippen MR) is 68.8 cm³/mol. The van der Waals surface area contributed by atoms with Gasteiger partial charge in [0.1, 0.15) is 0 Å². The number of hydrogen-bond donors (Lipinski definition) is 2. The van der Waals surface area contributed by atoms with Crippen LogP contribution in [0.5, 0.6) is 0 Å². The van der Waals surface area contributed by atoms with E-state index in [9.17, 15) is 9.59 Å². The summed E-state index contributed by atoms with van der Waals surface area (Å²) in [7, 11) is 0. The first-order valence-corrected chi connectivity index (χ1v) is 5.67. The fraction of sp³-hybridized carbons (Fsp3) is 0.143. The second-order valence-corrected chi connectivity index (χ2v) is 4.00. The van der Waals surface area contributed by atoms with Crippen LogP contribution in [0.1, 0.15) is 22.8 Å². The second-order valence-electron chi connectivity index (χ2n) is 4.00. The van der Waals surface area contributed by atoms with E-state index in [1.165, 1.54) is 11.6 Å². The molecule has 1 heterocycles. The smallest absolute Gasteiger partial charge is 0.335 e. The highest BCUT2D eigenvalue weighted by molar-refractivity contribution is 5.88. The van der Waals surface area contributed by atoms with Gasteiger partial charge in [-0.2, -0.15) is 0 Å². The molecule has 4 heteroatoms. The van der Waals surface area contributed by atoms with Crippen molar-refractivity contribution in [3.05, 3.63) is 57.9 Å². The van der Waals surface area contributed by atoms with Crippen molar-refractivity contribution in [1.29, 1.82) is 0 Å². The predicted octanol–water partition coefficient (Wildman–Crippen LogP) is 2.30. The number of rotatable bonds is 3. The van der Waals surface area contributed by atoms with Crippen LogP contribution in [0, 0.1) is 0 Å². The lowest BCUT2D eigenvalue weighted by Crippen LogP contribution is -2.10. The molecule has 2 rings (SSSR count). The highest BCUT2D eigenvalue weighted by atomic mass is 16.4. The average Bonchev–Trinajstić information content (AvgIpc) is 2.38. The van der Waals surface area contributed by atoms with Crippen LogP contribution in [-0.2, 0) is 6.42 Å². The fourth-order valence-electron chi connectivity index (χ4n) is 1.74. The lowest BCUT2D eigenvalue weighted by Gasteiger charge is -2.04. The van der Waals surface area contributed by atoms with Crippen molar-refractivity contribution in [2.75, 3.05) is 0 Å². The molecule has 1 aromatic heterocycles. The van der Waals surface area contributed by atoms with Gasteiger partial charge in [-0.1, -0.05) is 31.2 Å². The minimum atomic E-state index is -1.10. The van der Waals surface area contributed by atoms with E-state index in [1.807, 2.05) is 24.3 Å². The van der Waals surface area contributed by atoms with Gasteiger partial charge in [-0.25, -0.2) is 4.79 Å². The first kappa shape index (κ1) is 12.1. The molecule has 0 spiro atoms. The van der Waals surface area contributed by atoms with Crippen molar-refractivity contribution < 1.29 is 9.90 Å². The summed E-state index contributed by atoms with van der Waals surface area (Å²) >= 11 is 0. The molecular weight excluding hydrogens is 230 g/mol. The van der Waals surface area contributed by atoms with Gasteiger partial charge in [0.25, 0.3) is 0 Å². The third kappa shape index (κ3) is 2.48. The number of aromatic nitrogens is 1. The van der Waals surface area contributed by atoms with E-state index < -0.39 is 11.5 Å². The highest BCUT2D eigenvalue weighted by Gasteiger charge is 2.07. The number of aromatic carboxylic acids is 1. The molecule has 0 aliphatic heterocycles. The highest BCUT2D eigenvalue weighted by Crippen LogP contribution is 2.17. The molecule has 2 N–H and O–H groups in total. The molecule has 92 valence electrons. The van der Waals surface area contributed by atoms with Crippen molar-refractivity contribution in [2.45, 2.75) is 13.3 Å². The topological polar surface area (TPSA) is 70.2 Å². The van der Waals surface area contributed by atoms with E-state index in [1.54, 1.807) is 0 Å². The summed E-state index contributed by atoms with van der Waals surface area (Å²) in [5.74, 6) is -1.10. The fourth-order valence-corrected chi connectivity index (χ4v) is 1.74. The molecule has 2 aromatic rings. The van der Waals surface area contributed by atoms with E-state index in [2.05, 4.69) is 11.9 Å². The van der Waals surface area contributed by atoms with Gasteiger partial charge in [0.15, 0.2) is 0 Å². The van der Waals surface area contributed by atoms with Crippen LogP contribution < -0.4 is 5.56 Å². The molecule has 0 amide bonds. The normalized spacial score (nSPS) is 10.3. The maximum absolute atomic E-state index is 11.4. The van der Waals surface area contributed by atoms with Gasteiger partial charge in [0.05, 0.1) is 5.56 Å². The van der Waals surface area contributed by atoms with Crippen LogP contribution >= 0.6 is 0 Å². The molecule has 0 unspecified atom stereocenters. The minimum absolute atomic E-state index is 0.00619. The third-order valence-corrected chi connectivity index (χ3v) is 2.76. The van der Waals surface area contributed by atoms with E-state index in [0.29, 0.717) is 5.69 Å². The van der Waals surface area contributed by atoms with Gasteiger partial charge < -0.3 is 10.1 Å². The van der Waals surface area contributed by atoms with E-state index in [4.69, 9.17) is 5.11 Å². The Balaban J connectivity index is 2.49. The van der Waals surface area contributed by atoms with Gasteiger partial charge in [0, 0.05) is 11.8 Å². The molecule has 1 aromatic carbocycles. The van der Waals surface area contributed by atoms with Crippen molar-refractivity contribution >= 4 is 5.97 Å². The molecule has 0 saturated heterocycles. The number of aryl methyl sites for hydroxylation is 1. The number of aromatic amines is 1. The number of hydrogen-bond acceptors (Lipinski definition) is 2. The Labute approximate surface area is 104 Å². The minimum Gasteiger partial charge on any atom is -0.478 e. The maximum atomic E-state index is 11.4.